The number of carbonyl (C=O) groups is 1. The summed E-state index contributed by atoms with van der Waals surface area (Å²) in [5.41, 5.74) is 2.21. The van der Waals surface area contributed by atoms with Crippen LogP contribution in [0.3, 0.4) is 0 Å². The number of carbonyl (C=O) groups excluding carboxylic acids is 1. The molecule has 0 fully saturated rings. The number of anilines is 1. The maximum atomic E-state index is 13.2. The number of benzene rings is 2. The van der Waals surface area contributed by atoms with E-state index in [1.807, 2.05) is 18.2 Å². The molecule has 0 aliphatic carbocycles. The van der Waals surface area contributed by atoms with Crippen LogP contribution in [0.1, 0.15) is 10.5 Å². The van der Waals surface area contributed by atoms with E-state index in [0.717, 1.165) is 11.3 Å². The van der Waals surface area contributed by atoms with Crippen molar-refractivity contribution in [2.45, 2.75) is 0 Å². The highest BCUT2D eigenvalue weighted by Crippen LogP contribution is 2.35. The van der Waals surface area contributed by atoms with Crippen LogP contribution in [0.4, 0.5) is 10.1 Å². The van der Waals surface area contributed by atoms with Crippen molar-refractivity contribution in [2.24, 2.45) is 7.05 Å². The van der Waals surface area contributed by atoms with Gasteiger partial charge in [0.15, 0.2) is 17.2 Å². The van der Waals surface area contributed by atoms with Gasteiger partial charge in [0.25, 0.3) is 5.91 Å². The predicted molar refractivity (Wildman–Crippen MR) is 89.1 cm³/mol. The molecule has 0 radical (unpaired) electrons. The molecule has 0 unspecified atom stereocenters. The van der Waals surface area contributed by atoms with Crippen LogP contribution in [0.15, 0.2) is 48.5 Å². The Hall–Kier alpha value is -3.35. The number of ether oxygens (including phenoxy) is 2. The number of halogens is 1. The van der Waals surface area contributed by atoms with Crippen LogP contribution in [-0.2, 0) is 7.05 Å². The molecule has 2 heterocycles. The Balaban J connectivity index is 1.60. The maximum Gasteiger partial charge on any atom is 0.276 e. The number of aryl methyl sites for hydroxylation is 1. The molecule has 1 aromatic heterocycles. The first-order valence-electron chi connectivity index (χ1n) is 7.61. The molecule has 6 nitrogen and oxygen atoms in total. The van der Waals surface area contributed by atoms with Gasteiger partial charge in [-0.15, -0.1) is 0 Å². The summed E-state index contributed by atoms with van der Waals surface area (Å²) in [6.07, 6.45) is 0. The van der Waals surface area contributed by atoms with Crippen LogP contribution in [-0.4, -0.2) is 22.5 Å². The monoisotopic (exact) mass is 339 g/mol. The zero-order valence-electron chi connectivity index (χ0n) is 13.3. The van der Waals surface area contributed by atoms with Gasteiger partial charge < -0.3 is 14.8 Å². The summed E-state index contributed by atoms with van der Waals surface area (Å²) in [4.78, 5) is 12.4. The van der Waals surface area contributed by atoms with Crippen LogP contribution in [0.25, 0.3) is 11.3 Å². The second-order valence-corrected chi connectivity index (χ2v) is 5.57. The first-order chi connectivity index (χ1) is 12.1. The van der Waals surface area contributed by atoms with Crippen molar-refractivity contribution in [1.82, 2.24) is 9.78 Å². The molecule has 7 heteroatoms. The summed E-state index contributed by atoms with van der Waals surface area (Å²) < 4.78 is 25.5. The van der Waals surface area contributed by atoms with Crippen LogP contribution < -0.4 is 14.8 Å². The second-order valence-electron chi connectivity index (χ2n) is 5.57. The molecular weight excluding hydrogens is 325 g/mol. The molecule has 3 aromatic rings. The summed E-state index contributed by atoms with van der Waals surface area (Å²) in [6.45, 7) is 0.200. The molecule has 4 rings (SSSR count). The van der Waals surface area contributed by atoms with Crippen molar-refractivity contribution >= 4 is 11.6 Å². The molecule has 1 amide bonds. The van der Waals surface area contributed by atoms with E-state index in [1.54, 1.807) is 23.9 Å². The van der Waals surface area contributed by atoms with Crippen LogP contribution in [0.2, 0.25) is 0 Å². The van der Waals surface area contributed by atoms with E-state index in [9.17, 15) is 9.18 Å². The highest BCUT2D eigenvalue weighted by Gasteiger charge is 2.18. The normalized spacial score (nSPS) is 12.2. The molecule has 1 aliphatic heterocycles. The zero-order chi connectivity index (χ0) is 17.4. The summed E-state index contributed by atoms with van der Waals surface area (Å²) in [7, 11) is 1.75. The molecular formula is C18H14FN3O3. The Bertz CT molecular complexity index is 968. The van der Waals surface area contributed by atoms with Crippen molar-refractivity contribution < 1.29 is 18.7 Å². The fourth-order valence-corrected chi connectivity index (χ4v) is 2.67. The van der Waals surface area contributed by atoms with Gasteiger partial charge in [0.05, 0.1) is 5.69 Å². The van der Waals surface area contributed by atoms with E-state index in [1.165, 1.54) is 18.2 Å². The van der Waals surface area contributed by atoms with Gasteiger partial charge in [-0.3, -0.25) is 9.48 Å². The van der Waals surface area contributed by atoms with Crippen molar-refractivity contribution in [2.75, 3.05) is 12.1 Å². The quantitative estimate of drug-likeness (QED) is 0.796. The number of aromatic nitrogens is 2. The lowest BCUT2D eigenvalue weighted by Crippen LogP contribution is -2.13. The Morgan fingerprint density at radius 3 is 2.84 bits per heavy atom. The largest absolute Gasteiger partial charge is 0.454 e. The Labute approximate surface area is 142 Å². The van der Waals surface area contributed by atoms with Gasteiger partial charge >= 0.3 is 0 Å². The van der Waals surface area contributed by atoms with E-state index in [4.69, 9.17) is 9.47 Å². The summed E-state index contributed by atoms with van der Waals surface area (Å²) in [5.74, 6) is 0.521. The summed E-state index contributed by atoms with van der Waals surface area (Å²) >= 11 is 0. The third-order valence-electron chi connectivity index (χ3n) is 3.86. The molecule has 126 valence electrons. The minimum atomic E-state index is -0.417. The molecule has 1 aliphatic rings. The number of nitrogens with zero attached hydrogens (tertiary/aromatic N) is 2. The van der Waals surface area contributed by atoms with Crippen LogP contribution >= 0.6 is 0 Å². The molecule has 0 saturated carbocycles. The van der Waals surface area contributed by atoms with Crippen LogP contribution in [0, 0.1) is 5.82 Å². The lowest BCUT2D eigenvalue weighted by Gasteiger charge is -2.03. The Morgan fingerprint density at radius 2 is 2.00 bits per heavy atom. The fourth-order valence-electron chi connectivity index (χ4n) is 2.67. The standard InChI is InChI=1S/C18H14FN3O3/c1-22-15(11-5-6-16-17(7-11)25-10-24-16)9-14(21-22)18(23)20-13-4-2-3-12(19)8-13/h2-9H,10H2,1H3,(H,20,23). The number of rotatable bonds is 3. The molecule has 2 aromatic carbocycles. The van der Waals surface area contributed by atoms with Crippen molar-refractivity contribution in [3.8, 4) is 22.8 Å². The summed E-state index contributed by atoms with van der Waals surface area (Å²) in [5, 5.41) is 6.87. The van der Waals surface area contributed by atoms with E-state index < -0.39 is 11.7 Å². The van der Waals surface area contributed by atoms with E-state index in [2.05, 4.69) is 10.4 Å². The summed E-state index contributed by atoms with van der Waals surface area (Å²) in [6, 6.07) is 12.9. The average molecular weight is 339 g/mol. The first kappa shape index (κ1) is 15.2. The van der Waals surface area contributed by atoms with Crippen molar-refractivity contribution in [1.29, 1.82) is 0 Å². The van der Waals surface area contributed by atoms with E-state index >= 15 is 0 Å². The minimum absolute atomic E-state index is 0.200. The lowest BCUT2D eigenvalue weighted by molar-refractivity contribution is 0.102. The van der Waals surface area contributed by atoms with Gasteiger partial charge in [0.1, 0.15) is 5.82 Å². The number of fused-ring (bicyclic) bond motifs is 1. The number of nitrogens with one attached hydrogen (secondary N) is 1. The Kier molecular flexibility index (Phi) is 3.61. The predicted octanol–water partition coefficient (Wildman–Crippen LogP) is 3.21. The van der Waals surface area contributed by atoms with Gasteiger partial charge in [0, 0.05) is 18.3 Å². The van der Waals surface area contributed by atoms with Gasteiger partial charge in [-0.1, -0.05) is 6.07 Å². The fraction of sp³-hybridized carbons (Fsp3) is 0.111. The number of hydrogen-bond acceptors (Lipinski definition) is 4. The third-order valence-corrected chi connectivity index (χ3v) is 3.86. The second kappa shape index (κ2) is 5.94. The van der Waals surface area contributed by atoms with Gasteiger partial charge in [-0.25, -0.2) is 4.39 Å². The van der Waals surface area contributed by atoms with Crippen molar-refractivity contribution in [3.63, 3.8) is 0 Å². The number of amides is 1. The van der Waals surface area contributed by atoms with Gasteiger partial charge in [0.2, 0.25) is 6.79 Å². The molecule has 0 bridgehead atoms. The number of hydrogen-bond donors (Lipinski definition) is 1. The van der Waals surface area contributed by atoms with E-state index in [-0.39, 0.29) is 12.5 Å². The van der Waals surface area contributed by atoms with E-state index in [0.29, 0.717) is 17.2 Å². The van der Waals surface area contributed by atoms with Crippen molar-refractivity contribution in [3.05, 3.63) is 60.0 Å². The lowest BCUT2D eigenvalue weighted by atomic mass is 10.1. The smallest absolute Gasteiger partial charge is 0.276 e. The zero-order valence-corrected chi connectivity index (χ0v) is 13.3. The third kappa shape index (κ3) is 2.91. The van der Waals surface area contributed by atoms with Crippen LogP contribution in [0.5, 0.6) is 11.5 Å². The molecule has 1 N–H and O–H groups in total. The van der Waals surface area contributed by atoms with Gasteiger partial charge in [-0.05, 0) is 42.5 Å². The molecule has 0 saturated heterocycles. The SMILES string of the molecule is Cn1nc(C(=O)Nc2cccc(F)c2)cc1-c1ccc2c(c1)OCO2. The first-order valence-corrected chi connectivity index (χ1v) is 7.61. The highest BCUT2D eigenvalue weighted by atomic mass is 19.1. The Morgan fingerprint density at radius 1 is 1.16 bits per heavy atom. The maximum absolute atomic E-state index is 13.2. The minimum Gasteiger partial charge on any atom is -0.454 e. The molecule has 0 atom stereocenters. The topological polar surface area (TPSA) is 65.4 Å². The molecule has 0 spiro atoms. The average Bonchev–Trinajstić information content (AvgIpc) is 3.20. The highest BCUT2D eigenvalue weighted by molar-refractivity contribution is 6.03. The molecule has 25 heavy (non-hydrogen) atoms. The van der Waals surface area contributed by atoms with Gasteiger partial charge in [-0.2, -0.15) is 5.10 Å².